The highest BCUT2D eigenvalue weighted by Crippen LogP contribution is 2.21. The van der Waals surface area contributed by atoms with E-state index < -0.39 is 15.9 Å². The topological polar surface area (TPSA) is 86.7 Å². The quantitative estimate of drug-likeness (QED) is 0.717. The number of aliphatic hydroxyl groups excluding tert-OH is 1. The van der Waals surface area contributed by atoms with Gasteiger partial charge in [0.25, 0.3) is 0 Å². The normalized spacial score (nSPS) is 32.4. The highest BCUT2D eigenvalue weighted by Gasteiger charge is 2.38. The highest BCUT2D eigenvalue weighted by molar-refractivity contribution is 7.91. The van der Waals surface area contributed by atoms with E-state index in [2.05, 4.69) is 5.32 Å². The van der Waals surface area contributed by atoms with Crippen molar-refractivity contribution in [1.29, 1.82) is 0 Å². The van der Waals surface area contributed by atoms with Gasteiger partial charge in [-0.3, -0.25) is 4.79 Å². The number of carbonyl (C=O) groups excluding carboxylic acids is 1. The average molecular weight is 304 g/mol. The van der Waals surface area contributed by atoms with Crippen molar-refractivity contribution in [2.24, 2.45) is 0 Å². The van der Waals surface area contributed by atoms with Gasteiger partial charge in [0.1, 0.15) is 0 Å². The summed E-state index contributed by atoms with van der Waals surface area (Å²) in [5.41, 5.74) is 0. The number of β-amino-alcohol motifs (C(OH)–C–C–N with tert-alkyl or cyclic N) is 1. The molecule has 0 aliphatic carbocycles. The molecule has 2 aliphatic heterocycles. The van der Waals surface area contributed by atoms with Crippen molar-refractivity contribution in [2.45, 2.75) is 50.8 Å². The summed E-state index contributed by atoms with van der Waals surface area (Å²) in [6, 6.07) is -0.566. The molecule has 0 aromatic carbocycles. The van der Waals surface area contributed by atoms with E-state index in [4.69, 9.17) is 0 Å². The summed E-state index contributed by atoms with van der Waals surface area (Å²) in [6.07, 6.45) is 2.31. The highest BCUT2D eigenvalue weighted by atomic mass is 32.2. The molecule has 2 rings (SSSR count). The van der Waals surface area contributed by atoms with Crippen LogP contribution < -0.4 is 5.32 Å². The van der Waals surface area contributed by atoms with Crippen molar-refractivity contribution >= 4 is 15.7 Å². The Morgan fingerprint density at radius 1 is 1.45 bits per heavy atom. The van der Waals surface area contributed by atoms with Gasteiger partial charge in [0.15, 0.2) is 9.84 Å². The van der Waals surface area contributed by atoms with Crippen LogP contribution in [-0.4, -0.2) is 67.1 Å². The summed E-state index contributed by atoms with van der Waals surface area (Å²) in [7, 11) is -3.00. The molecule has 0 bridgehead atoms. The summed E-state index contributed by atoms with van der Waals surface area (Å²) in [5, 5.41) is 12.5. The van der Waals surface area contributed by atoms with Gasteiger partial charge < -0.3 is 15.3 Å². The minimum absolute atomic E-state index is 0.0582. The molecule has 2 fully saturated rings. The molecular formula is C13H24N2O4S. The summed E-state index contributed by atoms with van der Waals surface area (Å²) in [6.45, 7) is 3.08. The van der Waals surface area contributed by atoms with Crippen molar-refractivity contribution in [3.63, 3.8) is 0 Å². The molecule has 7 heteroatoms. The molecular weight excluding hydrogens is 280 g/mol. The summed E-state index contributed by atoms with van der Waals surface area (Å²) in [4.78, 5) is 14.3. The number of nitrogens with one attached hydrogen (secondary N) is 1. The molecule has 3 atom stereocenters. The number of aliphatic hydroxyl groups is 1. The fourth-order valence-corrected chi connectivity index (χ4v) is 4.66. The Bertz CT molecular complexity index is 451. The molecule has 0 spiro atoms. The number of rotatable bonds is 5. The zero-order chi connectivity index (χ0) is 14.8. The summed E-state index contributed by atoms with van der Waals surface area (Å²) < 4.78 is 23.2. The molecule has 0 saturated carbocycles. The zero-order valence-electron chi connectivity index (χ0n) is 11.9. The first-order chi connectivity index (χ1) is 9.43. The van der Waals surface area contributed by atoms with Crippen LogP contribution in [0.4, 0.5) is 0 Å². The predicted molar refractivity (Wildman–Crippen MR) is 76.1 cm³/mol. The molecule has 0 aromatic rings. The fourth-order valence-electron chi connectivity index (χ4n) is 2.93. The van der Waals surface area contributed by atoms with E-state index in [0.29, 0.717) is 25.9 Å². The van der Waals surface area contributed by atoms with E-state index in [1.807, 2.05) is 6.92 Å². The molecule has 1 amide bonds. The van der Waals surface area contributed by atoms with Gasteiger partial charge in [0.2, 0.25) is 5.91 Å². The fraction of sp³-hybridized carbons (Fsp3) is 0.923. The van der Waals surface area contributed by atoms with E-state index in [-0.39, 0.29) is 29.5 Å². The minimum atomic E-state index is -3.00. The Balaban J connectivity index is 2.05. The van der Waals surface area contributed by atoms with Crippen LogP contribution in [0.3, 0.4) is 0 Å². The van der Waals surface area contributed by atoms with Crippen LogP contribution in [0, 0.1) is 0 Å². The van der Waals surface area contributed by atoms with E-state index in [1.54, 1.807) is 4.90 Å². The van der Waals surface area contributed by atoms with Gasteiger partial charge in [0.05, 0.1) is 23.7 Å². The Kier molecular flexibility index (Phi) is 5.04. The lowest BCUT2D eigenvalue weighted by Gasteiger charge is -2.30. The van der Waals surface area contributed by atoms with Gasteiger partial charge in [-0.1, -0.05) is 13.3 Å². The average Bonchev–Trinajstić information content (AvgIpc) is 2.96. The standard InChI is InChI=1S/C13H24N2O4S/c1-2-3-5-15(10-4-6-20(18,19)9-10)13(17)12-7-11(16)8-14-12/h10-12,14,16H,2-9H2,1H3. The lowest BCUT2D eigenvalue weighted by molar-refractivity contribution is -0.135. The minimum Gasteiger partial charge on any atom is -0.392 e. The molecule has 20 heavy (non-hydrogen) atoms. The van der Waals surface area contributed by atoms with Crippen LogP contribution in [0.2, 0.25) is 0 Å². The lowest BCUT2D eigenvalue weighted by Crippen LogP contribution is -2.49. The number of amides is 1. The SMILES string of the molecule is CCCCN(C(=O)C1CC(O)CN1)C1CCS(=O)(=O)C1. The third-order valence-electron chi connectivity index (χ3n) is 4.09. The van der Waals surface area contributed by atoms with Crippen molar-refractivity contribution in [3.05, 3.63) is 0 Å². The molecule has 116 valence electrons. The largest absolute Gasteiger partial charge is 0.392 e. The third-order valence-corrected chi connectivity index (χ3v) is 5.84. The number of carbonyl (C=O) groups is 1. The Hall–Kier alpha value is -0.660. The van der Waals surface area contributed by atoms with Gasteiger partial charge >= 0.3 is 0 Å². The maximum absolute atomic E-state index is 12.6. The molecule has 2 heterocycles. The first kappa shape index (κ1) is 15.7. The second-order valence-corrected chi connectivity index (χ2v) is 8.02. The number of hydrogen-bond donors (Lipinski definition) is 2. The zero-order valence-corrected chi connectivity index (χ0v) is 12.7. The molecule has 0 radical (unpaired) electrons. The van der Waals surface area contributed by atoms with Crippen LogP contribution in [0.1, 0.15) is 32.6 Å². The van der Waals surface area contributed by atoms with Crippen LogP contribution in [0.25, 0.3) is 0 Å². The first-order valence-corrected chi connectivity index (χ1v) is 9.17. The van der Waals surface area contributed by atoms with Crippen LogP contribution in [-0.2, 0) is 14.6 Å². The van der Waals surface area contributed by atoms with Crippen molar-refractivity contribution in [3.8, 4) is 0 Å². The van der Waals surface area contributed by atoms with Gasteiger partial charge in [0, 0.05) is 19.1 Å². The molecule has 2 aliphatic rings. The number of unbranched alkanes of at least 4 members (excludes halogenated alkanes) is 1. The van der Waals surface area contributed by atoms with Crippen molar-refractivity contribution in [1.82, 2.24) is 10.2 Å². The monoisotopic (exact) mass is 304 g/mol. The summed E-state index contributed by atoms with van der Waals surface area (Å²) >= 11 is 0. The smallest absolute Gasteiger partial charge is 0.240 e. The molecule has 2 saturated heterocycles. The van der Waals surface area contributed by atoms with Gasteiger partial charge in [-0.25, -0.2) is 8.42 Å². The third kappa shape index (κ3) is 3.71. The molecule has 6 nitrogen and oxygen atoms in total. The Labute approximate surface area is 120 Å². The first-order valence-electron chi connectivity index (χ1n) is 7.35. The predicted octanol–water partition coefficient (Wildman–Crippen LogP) is -0.475. The second-order valence-electron chi connectivity index (χ2n) is 5.79. The van der Waals surface area contributed by atoms with E-state index in [1.165, 1.54) is 0 Å². The van der Waals surface area contributed by atoms with E-state index in [0.717, 1.165) is 12.8 Å². The second kappa shape index (κ2) is 6.41. The van der Waals surface area contributed by atoms with Crippen molar-refractivity contribution in [2.75, 3.05) is 24.6 Å². The molecule has 0 aromatic heterocycles. The summed E-state index contributed by atoms with van der Waals surface area (Å²) in [5.74, 6) is 0.198. The maximum atomic E-state index is 12.6. The number of sulfone groups is 1. The van der Waals surface area contributed by atoms with Gasteiger partial charge in [-0.2, -0.15) is 0 Å². The van der Waals surface area contributed by atoms with Crippen molar-refractivity contribution < 1.29 is 18.3 Å². The molecule has 2 N–H and O–H groups in total. The van der Waals surface area contributed by atoms with E-state index >= 15 is 0 Å². The van der Waals surface area contributed by atoms with Crippen LogP contribution in [0.15, 0.2) is 0 Å². The Morgan fingerprint density at radius 2 is 2.20 bits per heavy atom. The van der Waals surface area contributed by atoms with Gasteiger partial charge in [-0.15, -0.1) is 0 Å². The maximum Gasteiger partial charge on any atom is 0.240 e. The van der Waals surface area contributed by atoms with Gasteiger partial charge in [-0.05, 0) is 19.3 Å². The Morgan fingerprint density at radius 3 is 2.70 bits per heavy atom. The lowest BCUT2D eigenvalue weighted by atomic mass is 10.1. The molecule has 3 unspecified atom stereocenters. The number of hydrogen-bond acceptors (Lipinski definition) is 5. The van der Waals surface area contributed by atoms with E-state index in [9.17, 15) is 18.3 Å². The van der Waals surface area contributed by atoms with Crippen LogP contribution >= 0.6 is 0 Å². The number of nitrogens with zero attached hydrogens (tertiary/aromatic N) is 1. The van der Waals surface area contributed by atoms with Crippen LogP contribution in [0.5, 0.6) is 0 Å².